The second kappa shape index (κ2) is 7.76. The van der Waals surface area contributed by atoms with Crippen LogP contribution in [0.4, 0.5) is 0 Å². The summed E-state index contributed by atoms with van der Waals surface area (Å²) in [6.45, 7) is 0.557. The van der Waals surface area contributed by atoms with Crippen molar-refractivity contribution < 1.29 is 4.79 Å². The van der Waals surface area contributed by atoms with Gasteiger partial charge in [0.2, 0.25) is 5.91 Å². The van der Waals surface area contributed by atoms with E-state index in [1.807, 2.05) is 18.2 Å². The van der Waals surface area contributed by atoms with E-state index in [0.717, 1.165) is 5.56 Å². The van der Waals surface area contributed by atoms with Crippen molar-refractivity contribution in [1.82, 2.24) is 24.9 Å². The fourth-order valence-electron chi connectivity index (χ4n) is 2.30. The number of hydrogen-bond donors (Lipinski definition) is 1. The summed E-state index contributed by atoms with van der Waals surface area (Å²) in [5.41, 5.74) is 0.522. The van der Waals surface area contributed by atoms with Gasteiger partial charge in [-0.2, -0.15) is 5.10 Å². The van der Waals surface area contributed by atoms with Crippen LogP contribution in [0.15, 0.2) is 59.7 Å². The lowest BCUT2D eigenvalue weighted by Gasteiger charge is -2.09. The number of hydrogen-bond acceptors (Lipinski definition) is 4. The summed E-state index contributed by atoms with van der Waals surface area (Å²) in [7, 11) is 0. The van der Waals surface area contributed by atoms with Gasteiger partial charge < -0.3 is 5.32 Å². The van der Waals surface area contributed by atoms with Gasteiger partial charge in [-0.05, 0) is 23.8 Å². The smallest absolute Gasteiger partial charge is 0.266 e. The highest BCUT2D eigenvalue weighted by molar-refractivity contribution is 6.31. The number of carbonyl (C=O) groups excluding carboxylic acids is 1. The standard InChI is InChI=1S/C17H16ClN5O2/c18-14-5-2-1-4-13(14)12-16(24)19-9-11-23-17(25)7-6-15(21-23)22-10-3-8-20-22/h1-8,10H,9,11-12H2,(H,19,24). The Morgan fingerprint density at radius 2 is 2.00 bits per heavy atom. The van der Waals surface area contributed by atoms with Gasteiger partial charge in [-0.15, -0.1) is 5.10 Å². The molecular weight excluding hydrogens is 342 g/mol. The maximum Gasteiger partial charge on any atom is 0.266 e. The fourth-order valence-corrected chi connectivity index (χ4v) is 2.51. The molecule has 1 aromatic carbocycles. The van der Waals surface area contributed by atoms with E-state index in [1.54, 1.807) is 35.3 Å². The van der Waals surface area contributed by atoms with Crippen molar-refractivity contribution >= 4 is 17.5 Å². The second-order valence-electron chi connectivity index (χ2n) is 5.32. The van der Waals surface area contributed by atoms with Crippen molar-refractivity contribution in [3.8, 4) is 5.82 Å². The summed E-state index contributed by atoms with van der Waals surface area (Å²) in [5.74, 6) is 0.372. The third kappa shape index (κ3) is 4.33. The number of benzene rings is 1. The molecule has 0 saturated carbocycles. The van der Waals surface area contributed by atoms with E-state index in [2.05, 4.69) is 15.5 Å². The maximum atomic E-state index is 12.0. The highest BCUT2D eigenvalue weighted by atomic mass is 35.5. The normalized spacial score (nSPS) is 10.6. The average molecular weight is 358 g/mol. The third-order valence-corrected chi connectivity index (χ3v) is 3.92. The molecule has 8 heteroatoms. The van der Waals surface area contributed by atoms with E-state index < -0.39 is 0 Å². The average Bonchev–Trinajstić information content (AvgIpc) is 3.13. The first-order chi connectivity index (χ1) is 12.1. The minimum atomic E-state index is -0.240. The van der Waals surface area contributed by atoms with Gasteiger partial charge in [-0.3, -0.25) is 9.59 Å². The quantitative estimate of drug-likeness (QED) is 0.723. The SMILES string of the molecule is O=C(Cc1ccccc1Cl)NCCn1nc(-n2cccn2)ccc1=O. The Hall–Kier alpha value is -2.93. The Kier molecular flexibility index (Phi) is 5.25. The zero-order valence-corrected chi connectivity index (χ0v) is 14.1. The molecule has 0 aliphatic carbocycles. The van der Waals surface area contributed by atoms with Gasteiger partial charge in [0, 0.05) is 30.0 Å². The molecule has 1 N–H and O–H groups in total. The second-order valence-corrected chi connectivity index (χ2v) is 5.73. The van der Waals surface area contributed by atoms with Crippen molar-refractivity contribution in [2.24, 2.45) is 0 Å². The molecule has 0 bridgehead atoms. The maximum absolute atomic E-state index is 12.0. The largest absolute Gasteiger partial charge is 0.354 e. The molecule has 0 atom stereocenters. The van der Waals surface area contributed by atoms with Crippen LogP contribution in [0.1, 0.15) is 5.56 Å². The van der Waals surface area contributed by atoms with Crippen LogP contribution in [-0.2, 0) is 17.8 Å². The molecule has 0 saturated heterocycles. The van der Waals surface area contributed by atoms with Gasteiger partial charge in [-0.25, -0.2) is 9.36 Å². The zero-order valence-electron chi connectivity index (χ0n) is 13.3. The van der Waals surface area contributed by atoms with Gasteiger partial charge in [-0.1, -0.05) is 29.8 Å². The molecule has 128 valence electrons. The Labute approximate surface area is 148 Å². The van der Waals surface area contributed by atoms with Gasteiger partial charge >= 0.3 is 0 Å². The van der Waals surface area contributed by atoms with Crippen molar-refractivity contribution in [2.45, 2.75) is 13.0 Å². The molecule has 0 spiro atoms. The minimum Gasteiger partial charge on any atom is -0.354 e. The number of amides is 1. The topological polar surface area (TPSA) is 81.8 Å². The van der Waals surface area contributed by atoms with Crippen LogP contribution in [0.3, 0.4) is 0 Å². The zero-order chi connectivity index (χ0) is 17.6. The molecule has 0 aliphatic rings. The van der Waals surface area contributed by atoms with Crippen LogP contribution in [-0.4, -0.2) is 32.0 Å². The summed E-state index contributed by atoms with van der Waals surface area (Å²) >= 11 is 6.04. The van der Waals surface area contributed by atoms with Crippen LogP contribution in [0.2, 0.25) is 5.02 Å². The fraction of sp³-hybridized carbons (Fsp3) is 0.176. The molecule has 1 amide bonds. The molecule has 2 aromatic heterocycles. The van der Waals surface area contributed by atoms with Crippen LogP contribution in [0.25, 0.3) is 5.82 Å². The van der Waals surface area contributed by atoms with Crippen LogP contribution in [0, 0.1) is 0 Å². The first kappa shape index (κ1) is 16.9. The number of halogens is 1. The van der Waals surface area contributed by atoms with Crippen LogP contribution < -0.4 is 10.9 Å². The Morgan fingerprint density at radius 1 is 1.16 bits per heavy atom. The van der Waals surface area contributed by atoms with Gasteiger partial charge in [0.25, 0.3) is 5.56 Å². The Morgan fingerprint density at radius 3 is 2.76 bits per heavy atom. The van der Waals surface area contributed by atoms with Crippen molar-refractivity contribution in [2.75, 3.05) is 6.54 Å². The van der Waals surface area contributed by atoms with E-state index in [-0.39, 0.29) is 24.4 Å². The lowest BCUT2D eigenvalue weighted by molar-refractivity contribution is -0.120. The lowest BCUT2D eigenvalue weighted by atomic mass is 10.1. The van der Waals surface area contributed by atoms with E-state index in [9.17, 15) is 9.59 Å². The number of aromatic nitrogens is 4. The molecule has 2 heterocycles. The molecule has 3 rings (SSSR count). The molecule has 0 fully saturated rings. The molecule has 7 nitrogen and oxygen atoms in total. The first-order valence-electron chi connectivity index (χ1n) is 7.72. The van der Waals surface area contributed by atoms with E-state index >= 15 is 0 Å². The third-order valence-electron chi connectivity index (χ3n) is 3.55. The summed E-state index contributed by atoms with van der Waals surface area (Å²) in [6, 6.07) is 12.0. The first-order valence-corrected chi connectivity index (χ1v) is 8.09. The highest BCUT2D eigenvalue weighted by Gasteiger charge is 2.07. The molecule has 25 heavy (non-hydrogen) atoms. The van der Waals surface area contributed by atoms with E-state index in [0.29, 0.717) is 17.4 Å². The van der Waals surface area contributed by atoms with Gasteiger partial charge in [0.15, 0.2) is 5.82 Å². The molecule has 0 aliphatic heterocycles. The number of nitrogens with one attached hydrogen (secondary N) is 1. The molecule has 3 aromatic rings. The van der Waals surface area contributed by atoms with Crippen LogP contribution in [0.5, 0.6) is 0 Å². The summed E-state index contributed by atoms with van der Waals surface area (Å²) < 4.78 is 2.86. The lowest BCUT2D eigenvalue weighted by Crippen LogP contribution is -2.33. The highest BCUT2D eigenvalue weighted by Crippen LogP contribution is 2.15. The Balaban J connectivity index is 1.58. The van der Waals surface area contributed by atoms with Gasteiger partial charge in [0.1, 0.15) is 0 Å². The predicted octanol–water partition coefficient (Wildman–Crippen LogP) is 1.44. The molecule has 0 unspecified atom stereocenters. The number of rotatable bonds is 6. The predicted molar refractivity (Wildman–Crippen MR) is 93.8 cm³/mol. The monoisotopic (exact) mass is 357 g/mol. The van der Waals surface area contributed by atoms with Crippen molar-refractivity contribution in [3.05, 3.63) is 75.8 Å². The van der Waals surface area contributed by atoms with E-state index in [1.165, 1.54) is 10.7 Å². The van der Waals surface area contributed by atoms with Crippen molar-refractivity contribution in [1.29, 1.82) is 0 Å². The van der Waals surface area contributed by atoms with Gasteiger partial charge in [0.05, 0.1) is 13.0 Å². The van der Waals surface area contributed by atoms with E-state index in [4.69, 9.17) is 11.6 Å². The van der Waals surface area contributed by atoms with Crippen LogP contribution >= 0.6 is 11.6 Å². The molecular formula is C17H16ClN5O2. The number of nitrogens with zero attached hydrogens (tertiary/aromatic N) is 4. The summed E-state index contributed by atoms with van der Waals surface area (Å²) in [4.78, 5) is 23.9. The number of carbonyl (C=O) groups is 1. The minimum absolute atomic E-state index is 0.163. The molecule has 0 radical (unpaired) electrons. The summed E-state index contributed by atoms with van der Waals surface area (Å²) in [6.07, 6.45) is 3.56. The van der Waals surface area contributed by atoms with Crippen molar-refractivity contribution in [3.63, 3.8) is 0 Å². The Bertz CT molecular complexity index is 921. The summed E-state index contributed by atoms with van der Waals surface area (Å²) in [5, 5.41) is 11.6.